The number of carbonyl (C=O) groups is 2. The number of hydrogen-bond donors (Lipinski definition) is 2. The monoisotopic (exact) mass is 430 g/mol. The summed E-state index contributed by atoms with van der Waals surface area (Å²) in [5.74, 6) is -0.689. The molecule has 1 atom stereocenters. The van der Waals surface area contributed by atoms with Crippen molar-refractivity contribution in [3.8, 4) is 0 Å². The Morgan fingerprint density at radius 3 is 2.70 bits per heavy atom. The zero-order valence-corrected chi connectivity index (χ0v) is 17.5. The second-order valence-corrected chi connectivity index (χ2v) is 9.72. The number of benzene rings is 2. The van der Waals surface area contributed by atoms with E-state index in [0.717, 1.165) is 37.7 Å². The second-order valence-electron chi connectivity index (χ2n) is 7.89. The minimum atomic E-state index is -3.74. The molecule has 160 valence electrons. The normalized spacial score (nSPS) is 20.4. The molecule has 0 aliphatic carbocycles. The Hall–Kier alpha value is -2.65. The van der Waals surface area contributed by atoms with Gasteiger partial charge in [-0.2, -0.15) is 0 Å². The van der Waals surface area contributed by atoms with Gasteiger partial charge in [0.05, 0.1) is 16.5 Å². The van der Waals surface area contributed by atoms with Crippen LogP contribution in [0.1, 0.15) is 19.3 Å². The van der Waals surface area contributed by atoms with Crippen molar-refractivity contribution in [1.82, 2.24) is 10.2 Å². The van der Waals surface area contributed by atoms with E-state index in [-0.39, 0.29) is 29.2 Å². The number of nitrogens with one attached hydrogen (secondary N) is 1. The maximum absolute atomic E-state index is 12.9. The average Bonchev–Trinajstić information content (AvgIpc) is 2.95. The average molecular weight is 431 g/mol. The van der Waals surface area contributed by atoms with Gasteiger partial charge in [-0.15, -0.1) is 0 Å². The van der Waals surface area contributed by atoms with Crippen LogP contribution < -0.4 is 15.4 Å². The molecule has 1 unspecified atom stereocenters. The third-order valence-electron chi connectivity index (χ3n) is 5.85. The number of piperidine rings is 1. The lowest BCUT2D eigenvalue weighted by molar-refractivity contribution is -0.123. The molecule has 0 saturated carbocycles. The van der Waals surface area contributed by atoms with E-state index in [4.69, 9.17) is 5.73 Å². The SMILES string of the molecule is NC(=O)C1CCCN(CCCNC(=O)CN2c3cccc4cccc(c34)S2(=O)=O)C1. The lowest BCUT2D eigenvalue weighted by atomic mass is 9.97. The number of likely N-dealkylation sites (tertiary alicyclic amines) is 1. The highest BCUT2D eigenvalue weighted by Gasteiger charge is 2.36. The Morgan fingerprint density at radius 2 is 1.93 bits per heavy atom. The molecule has 9 heteroatoms. The van der Waals surface area contributed by atoms with Crippen molar-refractivity contribution in [2.45, 2.75) is 24.2 Å². The Bertz CT molecular complexity index is 1080. The van der Waals surface area contributed by atoms with E-state index in [0.29, 0.717) is 24.2 Å². The molecule has 2 aliphatic rings. The summed E-state index contributed by atoms with van der Waals surface area (Å²) >= 11 is 0. The molecule has 2 aromatic carbocycles. The van der Waals surface area contributed by atoms with E-state index < -0.39 is 10.0 Å². The Labute approximate surface area is 176 Å². The van der Waals surface area contributed by atoms with Gasteiger partial charge in [-0.25, -0.2) is 8.42 Å². The fourth-order valence-corrected chi connectivity index (χ4v) is 6.00. The molecular formula is C21H26N4O4S. The highest BCUT2D eigenvalue weighted by molar-refractivity contribution is 7.93. The van der Waals surface area contributed by atoms with Crippen molar-refractivity contribution in [3.63, 3.8) is 0 Å². The summed E-state index contributed by atoms with van der Waals surface area (Å²) < 4.78 is 27.0. The van der Waals surface area contributed by atoms with Crippen LogP contribution in [-0.2, 0) is 19.6 Å². The summed E-state index contributed by atoms with van der Waals surface area (Å²) in [5.41, 5.74) is 5.95. The number of amides is 2. The minimum Gasteiger partial charge on any atom is -0.369 e. The van der Waals surface area contributed by atoms with Gasteiger partial charge in [0.15, 0.2) is 0 Å². The third kappa shape index (κ3) is 3.87. The molecule has 2 aromatic rings. The first-order valence-corrected chi connectivity index (χ1v) is 11.6. The maximum Gasteiger partial charge on any atom is 0.265 e. The summed E-state index contributed by atoms with van der Waals surface area (Å²) in [4.78, 5) is 26.3. The summed E-state index contributed by atoms with van der Waals surface area (Å²) in [6, 6.07) is 10.6. The zero-order chi connectivity index (χ0) is 21.3. The van der Waals surface area contributed by atoms with E-state index in [2.05, 4.69) is 10.2 Å². The van der Waals surface area contributed by atoms with Crippen molar-refractivity contribution in [3.05, 3.63) is 36.4 Å². The fraction of sp³-hybridized carbons (Fsp3) is 0.429. The first-order chi connectivity index (χ1) is 14.4. The molecule has 2 heterocycles. The number of carbonyl (C=O) groups excluding carboxylic acids is 2. The smallest absolute Gasteiger partial charge is 0.265 e. The molecule has 1 fully saturated rings. The van der Waals surface area contributed by atoms with Crippen LogP contribution in [0, 0.1) is 5.92 Å². The van der Waals surface area contributed by atoms with Crippen LogP contribution in [0.2, 0.25) is 0 Å². The van der Waals surface area contributed by atoms with Crippen LogP contribution >= 0.6 is 0 Å². The molecule has 3 N–H and O–H groups in total. The van der Waals surface area contributed by atoms with Crippen molar-refractivity contribution >= 4 is 38.3 Å². The van der Waals surface area contributed by atoms with Crippen LogP contribution in [0.15, 0.2) is 41.3 Å². The van der Waals surface area contributed by atoms with Crippen molar-refractivity contribution in [2.24, 2.45) is 11.7 Å². The maximum atomic E-state index is 12.9. The molecule has 0 bridgehead atoms. The highest BCUT2D eigenvalue weighted by atomic mass is 32.2. The number of nitrogens with zero attached hydrogens (tertiary/aromatic N) is 2. The topological polar surface area (TPSA) is 113 Å². The predicted octanol–water partition coefficient (Wildman–Crippen LogP) is 1.05. The van der Waals surface area contributed by atoms with E-state index in [9.17, 15) is 18.0 Å². The number of hydrogen-bond acceptors (Lipinski definition) is 5. The van der Waals surface area contributed by atoms with Crippen molar-refractivity contribution in [1.29, 1.82) is 0 Å². The number of anilines is 1. The molecule has 8 nitrogen and oxygen atoms in total. The number of sulfonamides is 1. The van der Waals surface area contributed by atoms with Crippen LogP contribution in [0.25, 0.3) is 10.8 Å². The molecule has 2 aliphatic heterocycles. The summed E-state index contributed by atoms with van der Waals surface area (Å²) in [6.07, 6.45) is 2.50. The Morgan fingerprint density at radius 1 is 1.17 bits per heavy atom. The molecule has 1 saturated heterocycles. The van der Waals surface area contributed by atoms with Crippen LogP contribution in [0.5, 0.6) is 0 Å². The summed E-state index contributed by atoms with van der Waals surface area (Å²) in [6.45, 7) is 2.55. The van der Waals surface area contributed by atoms with Gasteiger partial charge in [0.1, 0.15) is 6.54 Å². The third-order valence-corrected chi connectivity index (χ3v) is 7.65. The molecule has 4 rings (SSSR count). The first kappa shape index (κ1) is 20.6. The molecule has 2 amide bonds. The first-order valence-electron chi connectivity index (χ1n) is 10.2. The lowest BCUT2D eigenvalue weighted by Gasteiger charge is -2.31. The largest absolute Gasteiger partial charge is 0.369 e. The number of rotatable bonds is 7. The van der Waals surface area contributed by atoms with Crippen LogP contribution in [-0.4, -0.2) is 57.9 Å². The molecule has 0 spiro atoms. The molecule has 0 radical (unpaired) electrons. The summed E-state index contributed by atoms with van der Waals surface area (Å²) in [5, 5.41) is 4.32. The van der Waals surface area contributed by atoms with Crippen LogP contribution in [0.3, 0.4) is 0 Å². The Balaban J connectivity index is 1.32. The van der Waals surface area contributed by atoms with Gasteiger partial charge in [-0.1, -0.05) is 24.3 Å². The molecular weight excluding hydrogens is 404 g/mol. The van der Waals surface area contributed by atoms with Gasteiger partial charge in [-0.3, -0.25) is 13.9 Å². The van der Waals surface area contributed by atoms with E-state index >= 15 is 0 Å². The number of nitrogens with two attached hydrogens (primary N) is 1. The predicted molar refractivity (Wildman–Crippen MR) is 114 cm³/mol. The van der Waals surface area contributed by atoms with Gasteiger partial charge in [0, 0.05) is 18.5 Å². The van der Waals surface area contributed by atoms with Crippen LogP contribution in [0.4, 0.5) is 5.69 Å². The minimum absolute atomic E-state index is 0.0990. The second kappa shape index (κ2) is 8.23. The Kier molecular flexibility index (Phi) is 5.66. The van der Waals surface area contributed by atoms with E-state index in [1.807, 2.05) is 12.1 Å². The summed E-state index contributed by atoms with van der Waals surface area (Å²) in [7, 11) is -3.74. The van der Waals surface area contributed by atoms with E-state index in [1.54, 1.807) is 24.3 Å². The quantitative estimate of drug-likeness (QED) is 0.638. The van der Waals surface area contributed by atoms with Gasteiger partial charge in [-0.05, 0) is 49.9 Å². The van der Waals surface area contributed by atoms with Gasteiger partial charge in [0.25, 0.3) is 10.0 Å². The van der Waals surface area contributed by atoms with Crippen molar-refractivity contribution in [2.75, 3.05) is 37.0 Å². The lowest BCUT2D eigenvalue weighted by Crippen LogP contribution is -2.43. The van der Waals surface area contributed by atoms with E-state index in [1.165, 1.54) is 4.31 Å². The van der Waals surface area contributed by atoms with Gasteiger partial charge >= 0.3 is 0 Å². The highest BCUT2D eigenvalue weighted by Crippen LogP contribution is 2.41. The standard InChI is InChI=1S/C21H26N4O4S/c22-21(27)16-7-3-11-24(13-16)12-4-10-23-19(26)14-25-17-8-1-5-15-6-2-9-18(20(15)17)30(25,28)29/h1-2,5-6,8-9,16H,3-4,7,10-14H2,(H2,22,27)(H,23,26). The fourth-order valence-electron chi connectivity index (χ4n) is 4.34. The van der Waals surface area contributed by atoms with Gasteiger partial charge < -0.3 is 16.0 Å². The zero-order valence-electron chi connectivity index (χ0n) is 16.7. The molecule has 30 heavy (non-hydrogen) atoms. The molecule has 0 aromatic heterocycles. The number of primary amides is 1. The van der Waals surface area contributed by atoms with Crippen molar-refractivity contribution < 1.29 is 18.0 Å². The van der Waals surface area contributed by atoms with Gasteiger partial charge in [0.2, 0.25) is 11.8 Å².